The van der Waals surface area contributed by atoms with Crippen molar-refractivity contribution in [1.82, 2.24) is 0 Å². The van der Waals surface area contributed by atoms with Gasteiger partial charge in [-0.25, -0.2) is 8.78 Å². The van der Waals surface area contributed by atoms with Crippen LogP contribution in [0.3, 0.4) is 0 Å². The molecule has 1 atom stereocenters. The Morgan fingerprint density at radius 3 is 2.50 bits per heavy atom. The summed E-state index contributed by atoms with van der Waals surface area (Å²) >= 11 is 9.33. The molecule has 2 rings (SSSR count). The van der Waals surface area contributed by atoms with Gasteiger partial charge in [-0.05, 0) is 48.4 Å². The van der Waals surface area contributed by atoms with E-state index in [1.165, 1.54) is 6.07 Å². The highest BCUT2D eigenvalue weighted by Crippen LogP contribution is 2.35. The highest BCUT2D eigenvalue weighted by molar-refractivity contribution is 9.09. The van der Waals surface area contributed by atoms with Gasteiger partial charge >= 0.3 is 0 Å². The lowest BCUT2D eigenvalue weighted by atomic mass is 10.00. The quantitative estimate of drug-likeness (QED) is 0.645. The van der Waals surface area contributed by atoms with Gasteiger partial charge < -0.3 is 0 Å². The Balaban J connectivity index is 2.50. The predicted octanol–water partition coefficient (Wildman–Crippen LogP) is 5.41. The molecule has 0 aromatic heterocycles. The molecule has 0 N–H and O–H groups in total. The lowest BCUT2D eigenvalue weighted by Crippen LogP contribution is -1.99. The zero-order valence-corrected chi connectivity index (χ0v) is 11.9. The van der Waals surface area contributed by atoms with Crippen LogP contribution >= 0.6 is 27.5 Å². The van der Waals surface area contributed by atoms with Crippen molar-refractivity contribution in [3.05, 3.63) is 69.7 Å². The molecule has 2 aromatic carbocycles. The number of alkyl halides is 1. The van der Waals surface area contributed by atoms with Crippen molar-refractivity contribution in [3.8, 4) is 0 Å². The number of hydrogen-bond acceptors (Lipinski definition) is 0. The molecule has 0 amide bonds. The van der Waals surface area contributed by atoms with Crippen molar-refractivity contribution >= 4 is 27.5 Å². The van der Waals surface area contributed by atoms with Crippen molar-refractivity contribution in [1.29, 1.82) is 0 Å². The van der Waals surface area contributed by atoms with E-state index >= 15 is 0 Å². The first kappa shape index (κ1) is 13.5. The maximum Gasteiger partial charge on any atom is 0.128 e. The third kappa shape index (κ3) is 2.73. The summed E-state index contributed by atoms with van der Waals surface area (Å²) in [5.41, 5.74) is 2.05. The van der Waals surface area contributed by atoms with Crippen LogP contribution in [0.2, 0.25) is 5.02 Å². The molecule has 0 aliphatic rings. The molecular formula is C14H10BrClF2. The molecule has 0 fully saturated rings. The number of halogens is 4. The molecule has 0 heterocycles. The van der Waals surface area contributed by atoms with Gasteiger partial charge in [0, 0.05) is 10.6 Å². The van der Waals surface area contributed by atoms with Gasteiger partial charge in [-0.3, -0.25) is 0 Å². The van der Waals surface area contributed by atoms with Crippen molar-refractivity contribution in [2.75, 3.05) is 0 Å². The van der Waals surface area contributed by atoms with Crippen LogP contribution in [0.4, 0.5) is 8.78 Å². The van der Waals surface area contributed by atoms with Gasteiger partial charge in [-0.1, -0.05) is 33.6 Å². The molecular weight excluding hydrogens is 322 g/mol. The lowest BCUT2D eigenvalue weighted by molar-refractivity contribution is 0.588. The molecule has 0 saturated heterocycles. The Labute approximate surface area is 118 Å². The molecule has 0 nitrogen and oxygen atoms in total. The predicted molar refractivity (Wildman–Crippen MR) is 73.3 cm³/mol. The second kappa shape index (κ2) is 5.37. The van der Waals surface area contributed by atoms with Crippen molar-refractivity contribution < 1.29 is 8.78 Å². The van der Waals surface area contributed by atoms with Crippen LogP contribution in [0.5, 0.6) is 0 Å². The fraction of sp³-hybridized carbons (Fsp3) is 0.143. The van der Waals surface area contributed by atoms with Gasteiger partial charge in [-0.15, -0.1) is 0 Å². The van der Waals surface area contributed by atoms with Gasteiger partial charge in [0.15, 0.2) is 0 Å². The van der Waals surface area contributed by atoms with E-state index in [2.05, 4.69) is 15.9 Å². The number of rotatable bonds is 2. The smallest absolute Gasteiger partial charge is 0.128 e. The molecule has 0 saturated carbocycles. The summed E-state index contributed by atoms with van der Waals surface area (Å²) in [5, 5.41) is 0.567. The SMILES string of the molecule is Cc1ccc(Cl)cc1C(Br)c1cc(F)ccc1F. The van der Waals surface area contributed by atoms with Crippen molar-refractivity contribution in [2.45, 2.75) is 11.8 Å². The highest BCUT2D eigenvalue weighted by Gasteiger charge is 2.17. The lowest BCUT2D eigenvalue weighted by Gasteiger charge is -2.15. The molecule has 0 spiro atoms. The Morgan fingerprint density at radius 2 is 1.78 bits per heavy atom. The fourth-order valence-electron chi connectivity index (χ4n) is 1.76. The standard InChI is InChI=1S/C14H10BrClF2/c1-8-2-3-9(16)6-11(8)14(15)12-7-10(17)4-5-13(12)18/h2-7,14H,1H3. The summed E-state index contributed by atoms with van der Waals surface area (Å²) in [5.74, 6) is -0.909. The third-order valence-corrected chi connectivity index (χ3v) is 3.97. The minimum absolute atomic E-state index is 0.264. The Morgan fingerprint density at radius 1 is 1.06 bits per heavy atom. The van der Waals surface area contributed by atoms with E-state index in [9.17, 15) is 8.78 Å². The van der Waals surface area contributed by atoms with Crippen molar-refractivity contribution in [2.24, 2.45) is 0 Å². The normalized spacial score (nSPS) is 12.5. The third-order valence-electron chi connectivity index (χ3n) is 2.75. The van der Waals surface area contributed by atoms with E-state index in [0.717, 1.165) is 23.3 Å². The zero-order chi connectivity index (χ0) is 13.3. The van der Waals surface area contributed by atoms with E-state index in [-0.39, 0.29) is 5.56 Å². The number of hydrogen-bond donors (Lipinski definition) is 0. The summed E-state index contributed by atoms with van der Waals surface area (Å²) in [4.78, 5) is -0.424. The van der Waals surface area contributed by atoms with Gasteiger partial charge in [-0.2, -0.15) is 0 Å². The second-order valence-corrected chi connectivity index (χ2v) is 5.38. The van der Waals surface area contributed by atoms with E-state index < -0.39 is 16.5 Å². The molecule has 0 aliphatic carbocycles. The summed E-state index contributed by atoms with van der Waals surface area (Å²) in [6.45, 7) is 1.90. The highest BCUT2D eigenvalue weighted by atomic mass is 79.9. The summed E-state index contributed by atoms with van der Waals surface area (Å²) in [6.07, 6.45) is 0. The van der Waals surface area contributed by atoms with Crippen LogP contribution < -0.4 is 0 Å². The topological polar surface area (TPSA) is 0 Å². The van der Waals surface area contributed by atoms with Crippen LogP contribution in [0.15, 0.2) is 36.4 Å². The average molecular weight is 332 g/mol. The van der Waals surface area contributed by atoms with Crippen LogP contribution in [-0.4, -0.2) is 0 Å². The maximum absolute atomic E-state index is 13.7. The largest absolute Gasteiger partial charge is 0.207 e. The van der Waals surface area contributed by atoms with E-state index in [1.807, 2.05) is 13.0 Å². The van der Waals surface area contributed by atoms with Gasteiger partial charge in [0.2, 0.25) is 0 Å². The van der Waals surface area contributed by atoms with Crippen LogP contribution in [-0.2, 0) is 0 Å². The zero-order valence-electron chi connectivity index (χ0n) is 9.55. The molecule has 18 heavy (non-hydrogen) atoms. The Bertz CT molecular complexity index is 533. The first-order valence-electron chi connectivity index (χ1n) is 5.34. The Kier molecular flexibility index (Phi) is 4.03. The second-order valence-electron chi connectivity index (χ2n) is 4.03. The number of benzene rings is 2. The molecule has 4 heteroatoms. The minimum atomic E-state index is -0.462. The van der Waals surface area contributed by atoms with Crippen LogP contribution in [0, 0.1) is 18.6 Å². The van der Waals surface area contributed by atoms with Crippen LogP contribution in [0.1, 0.15) is 21.5 Å². The van der Waals surface area contributed by atoms with Crippen molar-refractivity contribution in [3.63, 3.8) is 0 Å². The summed E-state index contributed by atoms with van der Waals surface area (Å²) in [7, 11) is 0. The molecule has 0 aliphatic heterocycles. The first-order chi connectivity index (χ1) is 8.49. The van der Waals surface area contributed by atoms with E-state index in [1.54, 1.807) is 12.1 Å². The fourth-order valence-corrected chi connectivity index (χ4v) is 2.79. The minimum Gasteiger partial charge on any atom is -0.207 e. The molecule has 94 valence electrons. The number of aryl methyl sites for hydroxylation is 1. The molecule has 2 aromatic rings. The summed E-state index contributed by atoms with van der Waals surface area (Å²) < 4.78 is 26.9. The van der Waals surface area contributed by atoms with Gasteiger partial charge in [0.1, 0.15) is 11.6 Å². The van der Waals surface area contributed by atoms with Crippen LogP contribution in [0.25, 0.3) is 0 Å². The Hall–Kier alpha value is -0.930. The maximum atomic E-state index is 13.7. The first-order valence-corrected chi connectivity index (χ1v) is 6.63. The molecule has 1 unspecified atom stereocenters. The van der Waals surface area contributed by atoms with E-state index in [0.29, 0.717) is 5.02 Å². The summed E-state index contributed by atoms with van der Waals surface area (Å²) in [6, 6.07) is 8.78. The van der Waals surface area contributed by atoms with Gasteiger partial charge in [0.05, 0.1) is 4.83 Å². The van der Waals surface area contributed by atoms with E-state index in [4.69, 9.17) is 11.6 Å². The average Bonchev–Trinajstić information content (AvgIpc) is 2.34. The monoisotopic (exact) mass is 330 g/mol. The molecule has 0 radical (unpaired) electrons. The van der Waals surface area contributed by atoms with Gasteiger partial charge in [0.25, 0.3) is 0 Å². The molecule has 0 bridgehead atoms.